The number of nitrogens with one attached hydrogen (secondary N) is 1. The van der Waals surface area contributed by atoms with Crippen molar-refractivity contribution in [3.8, 4) is 11.8 Å². The Morgan fingerprint density at radius 2 is 1.88 bits per heavy atom. The molecule has 1 unspecified atom stereocenters. The molecule has 0 radical (unpaired) electrons. The van der Waals surface area contributed by atoms with Crippen molar-refractivity contribution >= 4 is 29.6 Å². The highest BCUT2D eigenvalue weighted by atomic mass is 32.2. The normalized spacial score (nSPS) is 11.4. The Hall–Kier alpha value is -2.10. The number of nitriles is 1. The van der Waals surface area contributed by atoms with Crippen molar-refractivity contribution in [3.63, 3.8) is 0 Å². The van der Waals surface area contributed by atoms with E-state index in [2.05, 4.69) is 17.7 Å². The number of ether oxygens (including phenoxy) is 1. The molecular weight excluding hydrogens is 340 g/mol. The Bertz CT molecular complexity index is 709. The van der Waals surface area contributed by atoms with Gasteiger partial charge in [0, 0.05) is 16.7 Å². The first-order valence-electron chi connectivity index (χ1n) is 7.40. The van der Waals surface area contributed by atoms with Gasteiger partial charge in [-0.2, -0.15) is 5.26 Å². The molecule has 0 aliphatic rings. The Morgan fingerprint density at radius 3 is 2.42 bits per heavy atom. The molecular formula is C18H18N2O2S2. The molecule has 1 N–H and O–H groups in total. The number of rotatable bonds is 7. The molecule has 0 fully saturated rings. The lowest BCUT2D eigenvalue weighted by atomic mass is 10.1. The lowest BCUT2D eigenvalue weighted by molar-refractivity contribution is -0.126. The molecule has 0 spiro atoms. The third-order valence-corrected chi connectivity index (χ3v) is 4.47. The zero-order valence-corrected chi connectivity index (χ0v) is 15.1. The van der Waals surface area contributed by atoms with E-state index in [9.17, 15) is 4.79 Å². The van der Waals surface area contributed by atoms with Crippen LogP contribution in [0, 0.1) is 11.3 Å². The number of carbonyl (C=O) groups is 1. The minimum atomic E-state index is -0.744. The minimum Gasteiger partial charge on any atom is -0.476 e. The summed E-state index contributed by atoms with van der Waals surface area (Å²) >= 11 is 2.98. The molecule has 6 heteroatoms. The van der Waals surface area contributed by atoms with Gasteiger partial charge in [-0.05, 0) is 42.2 Å². The second-order valence-corrected chi connectivity index (χ2v) is 6.76. The Morgan fingerprint density at radius 1 is 1.21 bits per heavy atom. The summed E-state index contributed by atoms with van der Waals surface area (Å²) in [5.74, 6) is 1.32. The van der Waals surface area contributed by atoms with Crippen molar-refractivity contribution in [1.29, 1.82) is 5.26 Å². The molecule has 4 nitrogen and oxygen atoms in total. The monoisotopic (exact) mass is 358 g/mol. The second-order valence-electron chi connectivity index (χ2n) is 4.81. The maximum absolute atomic E-state index is 12.4. The minimum absolute atomic E-state index is 0.220. The maximum atomic E-state index is 12.4. The molecule has 124 valence electrons. The molecule has 0 aliphatic heterocycles. The number of nitrogens with zero attached hydrogens (tertiary/aromatic N) is 1. The van der Waals surface area contributed by atoms with Crippen LogP contribution in [0.2, 0.25) is 0 Å². The quantitative estimate of drug-likeness (QED) is 0.594. The van der Waals surface area contributed by atoms with Gasteiger partial charge in [-0.25, -0.2) is 0 Å². The van der Waals surface area contributed by atoms with Gasteiger partial charge in [0.2, 0.25) is 6.10 Å². The molecule has 0 saturated carbocycles. The van der Waals surface area contributed by atoms with Crippen molar-refractivity contribution in [2.24, 2.45) is 0 Å². The first-order valence-corrected chi connectivity index (χ1v) is 9.61. The van der Waals surface area contributed by atoms with Gasteiger partial charge in [-0.1, -0.05) is 31.0 Å². The number of hydrogen-bond acceptors (Lipinski definition) is 5. The summed E-state index contributed by atoms with van der Waals surface area (Å²) in [7, 11) is 0. The van der Waals surface area contributed by atoms with Crippen LogP contribution in [-0.4, -0.2) is 17.9 Å². The van der Waals surface area contributed by atoms with Gasteiger partial charge >= 0.3 is 0 Å². The van der Waals surface area contributed by atoms with Crippen LogP contribution in [0.15, 0.2) is 53.4 Å². The van der Waals surface area contributed by atoms with Crippen LogP contribution >= 0.6 is 23.7 Å². The van der Waals surface area contributed by atoms with Gasteiger partial charge in [0.1, 0.15) is 5.75 Å². The van der Waals surface area contributed by atoms with Crippen molar-refractivity contribution in [3.05, 3.63) is 59.7 Å². The summed E-state index contributed by atoms with van der Waals surface area (Å²) in [6.07, 6.45) is 1.04. The van der Waals surface area contributed by atoms with E-state index in [0.717, 1.165) is 16.2 Å². The fourth-order valence-electron chi connectivity index (χ4n) is 2.08. The molecule has 0 saturated heterocycles. The Kier molecular flexibility index (Phi) is 7.04. The fourth-order valence-corrected chi connectivity index (χ4v) is 3.05. The van der Waals surface area contributed by atoms with Gasteiger partial charge in [0.05, 0.1) is 11.6 Å². The van der Waals surface area contributed by atoms with Gasteiger partial charge < -0.3 is 4.74 Å². The number of thioether (sulfide) groups is 1. The first-order chi connectivity index (χ1) is 11.7. The smallest absolute Gasteiger partial charge is 0.275 e. The first kappa shape index (κ1) is 18.2. The summed E-state index contributed by atoms with van der Waals surface area (Å²) < 4.78 is 8.59. The van der Waals surface area contributed by atoms with E-state index < -0.39 is 6.10 Å². The predicted octanol–water partition coefficient (Wildman–Crippen LogP) is 4.18. The summed E-state index contributed by atoms with van der Waals surface area (Å²) in [5.41, 5.74) is 1.33. The van der Waals surface area contributed by atoms with E-state index in [1.807, 2.05) is 24.3 Å². The van der Waals surface area contributed by atoms with E-state index >= 15 is 0 Å². The number of benzene rings is 2. The van der Waals surface area contributed by atoms with Gasteiger partial charge in [-0.15, -0.1) is 11.8 Å². The van der Waals surface area contributed by atoms with Crippen molar-refractivity contribution < 1.29 is 9.53 Å². The molecule has 0 aromatic heterocycles. The molecule has 1 atom stereocenters. The van der Waals surface area contributed by atoms with E-state index in [0.29, 0.717) is 11.3 Å². The summed E-state index contributed by atoms with van der Waals surface area (Å²) in [6.45, 7) is 2.10. The van der Waals surface area contributed by atoms with Crippen LogP contribution in [0.25, 0.3) is 0 Å². The van der Waals surface area contributed by atoms with Crippen LogP contribution in [-0.2, 0) is 4.79 Å². The van der Waals surface area contributed by atoms with Gasteiger partial charge in [0.15, 0.2) is 0 Å². The number of amides is 1. The Labute approximate surface area is 150 Å². The third-order valence-electron chi connectivity index (χ3n) is 3.17. The summed E-state index contributed by atoms with van der Waals surface area (Å²) in [5, 5.41) is 8.86. The predicted molar refractivity (Wildman–Crippen MR) is 99.0 cm³/mol. The lowest BCUT2D eigenvalue weighted by Crippen LogP contribution is -2.28. The highest BCUT2D eigenvalue weighted by Crippen LogP contribution is 2.26. The SMILES string of the molecule is CCSc1ccc(C(Oc2ccc(C#N)cc2)C(=O)NSC)cc1. The van der Waals surface area contributed by atoms with E-state index in [1.54, 1.807) is 42.3 Å². The van der Waals surface area contributed by atoms with Gasteiger partial charge in [0.25, 0.3) is 5.91 Å². The van der Waals surface area contributed by atoms with Crippen LogP contribution in [0.5, 0.6) is 5.75 Å². The second kappa shape index (κ2) is 9.26. The lowest BCUT2D eigenvalue weighted by Gasteiger charge is -2.19. The highest BCUT2D eigenvalue weighted by Gasteiger charge is 2.22. The van der Waals surface area contributed by atoms with E-state index in [1.165, 1.54) is 11.9 Å². The van der Waals surface area contributed by atoms with E-state index in [4.69, 9.17) is 10.00 Å². The molecule has 2 aromatic rings. The van der Waals surface area contributed by atoms with Crippen molar-refractivity contribution in [1.82, 2.24) is 4.72 Å². The van der Waals surface area contributed by atoms with Gasteiger partial charge in [-0.3, -0.25) is 9.52 Å². The van der Waals surface area contributed by atoms with Crippen molar-refractivity contribution in [2.45, 2.75) is 17.9 Å². The van der Waals surface area contributed by atoms with Crippen LogP contribution in [0.3, 0.4) is 0 Å². The van der Waals surface area contributed by atoms with Crippen LogP contribution in [0.1, 0.15) is 24.2 Å². The van der Waals surface area contributed by atoms with Crippen LogP contribution < -0.4 is 9.46 Å². The Balaban J connectivity index is 2.23. The molecule has 2 rings (SSSR count). The zero-order valence-electron chi connectivity index (χ0n) is 13.5. The number of hydrogen-bond donors (Lipinski definition) is 1. The maximum Gasteiger partial charge on any atom is 0.275 e. The standard InChI is InChI=1S/C18H18N2O2S2/c1-3-24-16-10-6-14(7-11-16)17(18(21)20-23-2)22-15-8-4-13(12-19)5-9-15/h4-11,17H,3H2,1-2H3,(H,20,21). The summed E-state index contributed by atoms with van der Waals surface area (Å²) in [6, 6.07) is 16.6. The number of carbonyl (C=O) groups excluding carboxylic acids is 1. The average molecular weight is 358 g/mol. The molecule has 0 bridgehead atoms. The average Bonchev–Trinajstić information content (AvgIpc) is 2.61. The molecule has 0 heterocycles. The zero-order chi connectivity index (χ0) is 17.4. The molecule has 1 amide bonds. The molecule has 0 aliphatic carbocycles. The van der Waals surface area contributed by atoms with Crippen molar-refractivity contribution in [2.75, 3.05) is 12.0 Å². The summed E-state index contributed by atoms with van der Waals surface area (Å²) in [4.78, 5) is 13.5. The van der Waals surface area contributed by atoms with E-state index in [-0.39, 0.29) is 5.91 Å². The highest BCUT2D eigenvalue weighted by molar-refractivity contribution is 7.99. The third kappa shape index (κ3) is 4.95. The van der Waals surface area contributed by atoms with Crippen LogP contribution in [0.4, 0.5) is 0 Å². The fraction of sp³-hybridized carbons (Fsp3) is 0.222. The largest absolute Gasteiger partial charge is 0.476 e. The molecule has 2 aromatic carbocycles. The molecule has 24 heavy (non-hydrogen) atoms. The topological polar surface area (TPSA) is 62.1 Å².